The molecule has 6 heteroatoms. The van der Waals surface area contributed by atoms with E-state index in [1.807, 2.05) is 62.5 Å². The van der Waals surface area contributed by atoms with Gasteiger partial charge in [-0.25, -0.2) is 9.48 Å². The minimum Gasteiger partial charge on any atom is -0.321 e. The molecule has 0 radical (unpaired) electrons. The number of aromatic nitrogens is 3. The van der Waals surface area contributed by atoms with Crippen LogP contribution >= 0.6 is 0 Å². The Morgan fingerprint density at radius 3 is 2.64 bits per heavy atom. The predicted octanol–water partition coefficient (Wildman–Crippen LogP) is 3.80. The van der Waals surface area contributed by atoms with Crippen molar-refractivity contribution in [3.63, 3.8) is 0 Å². The van der Waals surface area contributed by atoms with Gasteiger partial charge >= 0.3 is 6.03 Å². The van der Waals surface area contributed by atoms with E-state index in [1.165, 1.54) is 0 Å². The number of nitrogens with zero attached hydrogens (tertiary/aromatic N) is 4. The number of anilines is 1. The standard InChI is InChI=1S/C19H21N5O/c1-14-13-24(17-9-5-4-6-10-17)22-18(14)21-19(25)23(3)15(2)16-8-7-11-20-12-16/h4-13,15H,1-3H3,(H,21,22,25)/t15-/m0/s1. The molecular formula is C19H21N5O. The van der Waals surface area contributed by atoms with Crippen LogP contribution in [0.1, 0.15) is 24.1 Å². The van der Waals surface area contributed by atoms with Crippen molar-refractivity contribution in [2.75, 3.05) is 12.4 Å². The monoisotopic (exact) mass is 335 g/mol. The van der Waals surface area contributed by atoms with Gasteiger partial charge in [0.25, 0.3) is 0 Å². The zero-order valence-corrected chi connectivity index (χ0v) is 14.5. The molecule has 1 aromatic carbocycles. The van der Waals surface area contributed by atoms with Crippen molar-refractivity contribution in [2.45, 2.75) is 19.9 Å². The Labute approximate surface area is 147 Å². The number of carbonyl (C=O) groups is 1. The zero-order valence-electron chi connectivity index (χ0n) is 14.5. The number of nitrogens with one attached hydrogen (secondary N) is 1. The summed E-state index contributed by atoms with van der Waals surface area (Å²) in [6, 6.07) is 13.3. The summed E-state index contributed by atoms with van der Waals surface area (Å²) >= 11 is 0. The van der Waals surface area contributed by atoms with E-state index in [-0.39, 0.29) is 12.1 Å². The molecular weight excluding hydrogens is 314 g/mol. The van der Waals surface area contributed by atoms with Gasteiger partial charge < -0.3 is 4.90 Å². The second-order valence-corrected chi connectivity index (χ2v) is 5.94. The zero-order chi connectivity index (χ0) is 17.8. The second-order valence-electron chi connectivity index (χ2n) is 5.94. The molecule has 2 amide bonds. The first-order valence-electron chi connectivity index (χ1n) is 8.11. The van der Waals surface area contributed by atoms with E-state index in [4.69, 9.17) is 0 Å². The van der Waals surface area contributed by atoms with Crippen molar-refractivity contribution < 1.29 is 4.79 Å². The van der Waals surface area contributed by atoms with Crippen LogP contribution in [0.3, 0.4) is 0 Å². The van der Waals surface area contributed by atoms with Crippen LogP contribution in [-0.4, -0.2) is 32.7 Å². The lowest BCUT2D eigenvalue weighted by Gasteiger charge is -2.25. The van der Waals surface area contributed by atoms with E-state index in [0.717, 1.165) is 16.8 Å². The molecule has 1 N–H and O–H groups in total. The SMILES string of the molecule is Cc1cn(-c2ccccc2)nc1NC(=O)N(C)[C@@H](C)c1cccnc1. The van der Waals surface area contributed by atoms with Gasteiger partial charge in [0.1, 0.15) is 0 Å². The molecule has 0 unspecified atom stereocenters. The highest BCUT2D eigenvalue weighted by Crippen LogP contribution is 2.20. The summed E-state index contributed by atoms with van der Waals surface area (Å²) < 4.78 is 1.76. The third kappa shape index (κ3) is 3.68. The molecule has 0 aliphatic heterocycles. The van der Waals surface area contributed by atoms with Gasteiger partial charge in [0.2, 0.25) is 0 Å². The Bertz CT molecular complexity index is 845. The number of amides is 2. The van der Waals surface area contributed by atoms with Crippen molar-refractivity contribution in [1.29, 1.82) is 0 Å². The highest BCUT2D eigenvalue weighted by Gasteiger charge is 2.19. The van der Waals surface area contributed by atoms with Crippen LogP contribution in [0.15, 0.2) is 61.1 Å². The summed E-state index contributed by atoms with van der Waals surface area (Å²) in [6.45, 7) is 3.89. The van der Waals surface area contributed by atoms with Gasteiger partial charge in [-0.2, -0.15) is 0 Å². The molecule has 128 valence electrons. The van der Waals surface area contributed by atoms with Crippen molar-refractivity contribution in [3.8, 4) is 5.69 Å². The first kappa shape index (κ1) is 16.7. The summed E-state index contributed by atoms with van der Waals surface area (Å²) in [6.07, 6.45) is 5.38. The molecule has 1 atom stereocenters. The average molecular weight is 335 g/mol. The lowest BCUT2D eigenvalue weighted by Crippen LogP contribution is -2.34. The van der Waals surface area contributed by atoms with Crippen LogP contribution in [0, 0.1) is 6.92 Å². The molecule has 2 heterocycles. The van der Waals surface area contributed by atoms with Crippen LogP contribution in [0.25, 0.3) is 5.69 Å². The summed E-state index contributed by atoms with van der Waals surface area (Å²) in [7, 11) is 1.76. The van der Waals surface area contributed by atoms with E-state index in [9.17, 15) is 4.79 Å². The fourth-order valence-electron chi connectivity index (χ4n) is 2.51. The summed E-state index contributed by atoms with van der Waals surface area (Å²) in [5.74, 6) is 0.555. The average Bonchev–Trinajstić information content (AvgIpc) is 3.02. The van der Waals surface area contributed by atoms with E-state index in [0.29, 0.717) is 5.82 Å². The van der Waals surface area contributed by atoms with Crippen molar-refractivity contribution >= 4 is 11.8 Å². The van der Waals surface area contributed by atoms with E-state index in [1.54, 1.807) is 29.0 Å². The number of urea groups is 1. The maximum absolute atomic E-state index is 12.6. The largest absolute Gasteiger partial charge is 0.323 e. The van der Waals surface area contributed by atoms with Gasteiger partial charge in [-0.3, -0.25) is 10.3 Å². The van der Waals surface area contributed by atoms with E-state index < -0.39 is 0 Å². The minimum atomic E-state index is -0.210. The first-order valence-corrected chi connectivity index (χ1v) is 8.11. The van der Waals surface area contributed by atoms with Crippen molar-refractivity contribution in [2.24, 2.45) is 0 Å². The second kappa shape index (κ2) is 7.17. The third-order valence-corrected chi connectivity index (χ3v) is 4.21. The van der Waals surface area contributed by atoms with Gasteiger partial charge in [-0.1, -0.05) is 24.3 Å². The lowest BCUT2D eigenvalue weighted by atomic mass is 10.1. The molecule has 0 spiro atoms. The molecule has 6 nitrogen and oxygen atoms in total. The minimum absolute atomic E-state index is 0.0924. The van der Waals surface area contributed by atoms with Gasteiger partial charge in [-0.05, 0) is 37.6 Å². The van der Waals surface area contributed by atoms with Gasteiger partial charge in [0.15, 0.2) is 5.82 Å². The molecule has 25 heavy (non-hydrogen) atoms. The Balaban J connectivity index is 1.74. The molecule has 0 aliphatic rings. The molecule has 3 rings (SSSR count). The molecule has 0 fully saturated rings. The Morgan fingerprint density at radius 1 is 1.20 bits per heavy atom. The number of hydrogen-bond acceptors (Lipinski definition) is 3. The van der Waals surface area contributed by atoms with E-state index in [2.05, 4.69) is 15.4 Å². The van der Waals surface area contributed by atoms with Crippen molar-refractivity contribution in [3.05, 3.63) is 72.2 Å². The van der Waals surface area contributed by atoms with Crippen molar-refractivity contribution in [1.82, 2.24) is 19.7 Å². The molecule has 0 bridgehead atoms. The fourth-order valence-corrected chi connectivity index (χ4v) is 2.51. The number of benzene rings is 1. The van der Waals surface area contributed by atoms with Crippen LogP contribution in [0.4, 0.5) is 10.6 Å². The van der Waals surface area contributed by atoms with Crippen LogP contribution in [0.2, 0.25) is 0 Å². The van der Waals surface area contributed by atoms with E-state index >= 15 is 0 Å². The number of aryl methyl sites for hydroxylation is 1. The highest BCUT2D eigenvalue weighted by molar-refractivity contribution is 5.89. The highest BCUT2D eigenvalue weighted by atomic mass is 16.2. The van der Waals surface area contributed by atoms with Crippen LogP contribution < -0.4 is 5.32 Å². The van der Waals surface area contributed by atoms with Crippen LogP contribution in [0.5, 0.6) is 0 Å². The summed E-state index contributed by atoms with van der Waals surface area (Å²) in [5.41, 5.74) is 2.83. The maximum Gasteiger partial charge on any atom is 0.323 e. The number of rotatable bonds is 4. The number of para-hydroxylation sites is 1. The molecule has 0 saturated heterocycles. The topological polar surface area (TPSA) is 63.1 Å². The lowest BCUT2D eigenvalue weighted by molar-refractivity contribution is 0.208. The number of carbonyl (C=O) groups excluding carboxylic acids is 1. The molecule has 2 aromatic heterocycles. The Hall–Kier alpha value is -3.15. The number of pyridine rings is 1. The molecule has 0 saturated carbocycles. The maximum atomic E-state index is 12.6. The fraction of sp³-hybridized carbons (Fsp3) is 0.211. The quantitative estimate of drug-likeness (QED) is 0.789. The Morgan fingerprint density at radius 2 is 1.96 bits per heavy atom. The summed E-state index contributed by atoms with van der Waals surface area (Å²) in [4.78, 5) is 18.3. The van der Waals surface area contributed by atoms with Gasteiger partial charge in [0.05, 0.1) is 11.7 Å². The molecule has 3 aromatic rings. The smallest absolute Gasteiger partial charge is 0.321 e. The third-order valence-electron chi connectivity index (χ3n) is 4.21. The predicted molar refractivity (Wildman–Crippen MR) is 97.7 cm³/mol. The number of hydrogen-bond donors (Lipinski definition) is 1. The van der Waals surface area contributed by atoms with Gasteiger partial charge in [-0.15, -0.1) is 5.10 Å². The first-order chi connectivity index (χ1) is 12.1. The molecule has 0 aliphatic carbocycles. The van der Waals surface area contributed by atoms with Crippen LogP contribution in [-0.2, 0) is 0 Å². The normalized spacial score (nSPS) is 11.8. The Kier molecular flexibility index (Phi) is 4.79. The van der Waals surface area contributed by atoms with Gasteiger partial charge in [0, 0.05) is 31.2 Å². The summed E-state index contributed by atoms with van der Waals surface area (Å²) in [5, 5.41) is 7.37.